The molecule has 0 saturated carbocycles. The molecule has 0 fully saturated rings. The Morgan fingerprint density at radius 3 is 2.35 bits per heavy atom. The fraction of sp³-hybridized carbons (Fsp3) is 0.294. The van der Waals surface area contributed by atoms with E-state index in [1.807, 2.05) is 0 Å². The number of amides is 1. The lowest BCUT2D eigenvalue weighted by atomic mass is 10.1. The topological polar surface area (TPSA) is 55.4 Å². The molecule has 0 saturated heterocycles. The van der Waals surface area contributed by atoms with Crippen molar-refractivity contribution in [3.05, 3.63) is 50.9 Å². The number of hydrogen-bond acceptors (Lipinski definition) is 4. The Morgan fingerprint density at radius 2 is 1.77 bits per heavy atom. The van der Waals surface area contributed by atoms with Gasteiger partial charge in [0.25, 0.3) is 5.91 Å². The Balaban J connectivity index is 2.46. The first-order chi connectivity index (χ1) is 12.2. The fourth-order valence-corrected chi connectivity index (χ4v) is 3.55. The van der Waals surface area contributed by atoms with Crippen LogP contribution in [0, 0.1) is 30.2 Å². The Morgan fingerprint density at radius 1 is 1.12 bits per heavy atom. The summed E-state index contributed by atoms with van der Waals surface area (Å²) in [4.78, 5) is 25.2. The van der Waals surface area contributed by atoms with Gasteiger partial charge in [0, 0.05) is 4.88 Å². The second kappa shape index (κ2) is 7.86. The van der Waals surface area contributed by atoms with Crippen LogP contribution in [0.2, 0.25) is 0 Å². The molecule has 4 nitrogen and oxygen atoms in total. The molecule has 0 aliphatic carbocycles. The number of esters is 1. The number of benzene rings is 1. The van der Waals surface area contributed by atoms with Gasteiger partial charge in [0.15, 0.2) is 23.3 Å². The van der Waals surface area contributed by atoms with Crippen LogP contribution in [0.1, 0.15) is 45.0 Å². The maximum Gasteiger partial charge on any atom is 0.341 e. The van der Waals surface area contributed by atoms with Gasteiger partial charge in [-0.2, -0.15) is 0 Å². The van der Waals surface area contributed by atoms with Crippen LogP contribution in [0.15, 0.2) is 6.07 Å². The number of halogens is 4. The molecule has 2 rings (SSSR count). The first-order valence-corrected chi connectivity index (χ1v) is 8.48. The second-order valence-corrected chi connectivity index (χ2v) is 6.44. The third-order valence-electron chi connectivity index (χ3n) is 3.62. The number of thiophene rings is 1. The molecule has 1 amide bonds. The highest BCUT2D eigenvalue weighted by molar-refractivity contribution is 7.16. The first-order valence-electron chi connectivity index (χ1n) is 7.66. The van der Waals surface area contributed by atoms with Gasteiger partial charge in [0.05, 0.1) is 17.7 Å². The van der Waals surface area contributed by atoms with Crippen molar-refractivity contribution >= 4 is 28.2 Å². The van der Waals surface area contributed by atoms with E-state index < -0.39 is 40.7 Å². The van der Waals surface area contributed by atoms with Gasteiger partial charge in [0.1, 0.15) is 5.00 Å². The molecule has 1 aromatic heterocycles. The number of nitrogens with one attached hydrogen (secondary N) is 1. The highest BCUT2D eigenvalue weighted by Crippen LogP contribution is 2.34. The number of anilines is 1. The van der Waals surface area contributed by atoms with Crippen molar-refractivity contribution in [3.63, 3.8) is 0 Å². The summed E-state index contributed by atoms with van der Waals surface area (Å²) in [7, 11) is 0. The van der Waals surface area contributed by atoms with Gasteiger partial charge in [-0.3, -0.25) is 4.79 Å². The minimum atomic E-state index is -2.09. The lowest BCUT2D eigenvalue weighted by Gasteiger charge is -2.09. The molecule has 1 N–H and O–H groups in total. The summed E-state index contributed by atoms with van der Waals surface area (Å²) in [6.07, 6.45) is 0.473. The van der Waals surface area contributed by atoms with Crippen molar-refractivity contribution in [1.82, 2.24) is 0 Å². The molecular formula is C17H15F4NO3S. The normalized spacial score (nSPS) is 10.7. The smallest absolute Gasteiger partial charge is 0.341 e. The van der Waals surface area contributed by atoms with Crippen molar-refractivity contribution in [3.8, 4) is 0 Å². The zero-order valence-corrected chi connectivity index (χ0v) is 15.0. The summed E-state index contributed by atoms with van der Waals surface area (Å²) in [5.74, 6) is -9.50. The number of carbonyl (C=O) groups is 2. The Labute approximate surface area is 150 Å². The standard InChI is InChI=1S/C17H15F4NO3S/c1-4-8-7(3)26-16(11(8)17(24)25-5-2)22-15(23)9-6-10(18)13(20)14(21)12(9)19/h6H,4-5H2,1-3H3,(H,22,23). The van der Waals surface area contributed by atoms with Crippen molar-refractivity contribution in [1.29, 1.82) is 0 Å². The Kier molecular flexibility index (Phi) is 6.01. The number of ether oxygens (including phenoxy) is 1. The van der Waals surface area contributed by atoms with Crippen LogP contribution < -0.4 is 5.32 Å². The zero-order valence-electron chi connectivity index (χ0n) is 14.1. The van der Waals surface area contributed by atoms with Crippen molar-refractivity contribution in [2.24, 2.45) is 0 Å². The first kappa shape index (κ1) is 19.9. The van der Waals surface area contributed by atoms with Crippen LogP contribution in [0.5, 0.6) is 0 Å². The van der Waals surface area contributed by atoms with E-state index in [1.54, 1.807) is 20.8 Å². The molecule has 0 aliphatic heterocycles. The largest absolute Gasteiger partial charge is 0.462 e. The Hall–Kier alpha value is -2.42. The molecule has 0 aliphatic rings. The maximum absolute atomic E-state index is 13.8. The molecule has 26 heavy (non-hydrogen) atoms. The molecule has 1 aromatic carbocycles. The van der Waals surface area contributed by atoms with E-state index in [1.165, 1.54) is 0 Å². The summed E-state index contributed by atoms with van der Waals surface area (Å²) in [6, 6.07) is 0.258. The van der Waals surface area contributed by atoms with Crippen LogP contribution in [0.3, 0.4) is 0 Å². The molecule has 140 valence electrons. The third kappa shape index (κ3) is 3.57. The van der Waals surface area contributed by atoms with E-state index in [2.05, 4.69) is 5.32 Å². The summed E-state index contributed by atoms with van der Waals surface area (Å²) >= 11 is 1.04. The number of rotatable bonds is 5. The second-order valence-electron chi connectivity index (χ2n) is 5.22. The molecule has 9 heteroatoms. The van der Waals surface area contributed by atoms with Gasteiger partial charge in [-0.15, -0.1) is 11.3 Å². The van der Waals surface area contributed by atoms with E-state index in [0.717, 1.165) is 16.2 Å². The van der Waals surface area contributed by atoms with Crippen LogP contribution in [0.4, 0.5) is 22.6 Å². The van der Waals surface area contributed by atoms with Gasteiger partial charge in [-0.25, -0.2) is 22.4 Å². The van der Waals surface area contributed by atoms with Crippen LogP contribution in [-0.4, -0.2) is 18.5 Å². The summed E-state index contributed by atoms with van der Waals surface area (Å²) < 4.78 is 58.5. The minimum absolute atomic E-state index is 0.0624. The molecular weight excluding hydrogens is 374 g/mol. The van der Waals surface area contributed by atoms with Crippen LogP contribution in [0.25, 0.3) is 0 Å². The molecule has 0 radical (unpaired) electrons. The molecule has 0 atom stereocenters. The maximum atomic E-state index is 13.8. The highest BCUT2D eigenvalue weighted by atomic mass is 32.1. The monoisotopic (exact) mass is 389 g/mol. The van der Waals surface area contributed by atoms with E-state index >= 15 is 0 Å². The van der Waals surface area contributed by atoms with E-state index in [-0.39, 0.29) is 23.2 Å². The molecule has 0 spiro atoms. The SMILES string of the molecule is CCOC(=O)c1c(NC(=O)c2cc(F)c(F)c(F)c2F)sc(C)c1CC. The van der Waals surface area contributed by atoms with Gasteiger partial charge < -0.3 is 10.1 Å². The summed E-state index contributed by atoms with van der Waals surface area (Å²) in [5, 5.41) is 2.32. The number of carbonyl (C=O) groups excluding carboxylic acids is 2. The lowest BCUT2D eigenvalue weighted by molar-refractivity contribution is 0.0527. The third-order valence-corrected chi connectivity index (χ3v) is 4.68. The van der Waals surface area contributed by atoms with Gasteiger partial charge in [-0.05, 0) is 31.9 Å². The van der Waals surface area contributed by atoms with Crippen molar-refractivity contribution in [2.75, 3.05) is 11.9 Å². The van der Waals surface area contributed by atoms with E-state index in [4.69, 9.17) is 4.74 Å². The number of hydrogen-bond donors (Lipinski definition) is 1. The molecule has 0 unspecified atom stereocenters. The zero-order chi connectivity index (χ0) is 19.6. The molecule has 2 aromatic rings. The van der Waals surface area contributed by atoms with Gasteiger partial charge in [-0.1, -0.05) is 6.92 Å². The predicted molar refractivity (Wildman–Crippen MR) is 88.6 cm³/mol. The predicted octanol–water partition coefficient (Wildman–Crippen LogP) is 4.60. The average molecular weight is 389 g/mol. The van der Waals surface area contributed by atoms with Gasteiger partial charge >= 0.3 is 5.97 Å². The lowest BCUT2D eigenvalue weighted by Crippen LogP contribution is -2.18. The minimum Gasteiger partial charge on any atom is -0.462 e. The summed E-state index contributed by atoms with van der Waals surface area (Å²) in [6.45, 7) is 5.24. The Bertz CT molecular complexity index is 880. The molecule has 1 heterocycles. The quantitative estimate of drug-likeness (QED) is 0.352. The van der Waals surface area contributed by atoms with Crippen LogP contribution >= 0.6 is 11.3 Å². The molecule has 0 bridgehead atoms. The van der Waals surface area contributed by atoms with Crippen molar-refractivity contribution < 1.29 is 31.9 Å². The highest BCUT2D eigenvalue weighted by Gasteiger charge is 2.27. The fourth-order valence-electron chi connectivity index (χ4n) is 2.42. The summed E-state index contributed by atoms with van der Waals surface area (Å²) in [5.41, 5.74) is -0.269. The van der Waals surface area contributed by atoms with E-state index in [9.17, 15) is 27.2 Å². The number of aryl methyl sites for hydroxylation is 1. The average Bonchev–Trinajstić information content (AvgIpc) is 2.91. The van der Waals surface area contributed by atoms with Gasteiger partial charge in [0.2, 0.25) is 0 Å². The van der Waals surface area contributed by atoms with Crippen LogP contribution in [-0.2, 0) is 11.2 Å². The van der Waals surface area contributed by atoms with Crippen molar-refractivity contribution in [2.45, 2.75) is 27.2 Å². The van der Waals surface area contributed by atoms with E-state index in [0.29, 0.717) is 12.0 Å².